The number of hydrogen-bond donors (Lipinski definition) is 2. The van der Waals surface area contributed by atoms with Crippen LogP contribution in [0.4, 0.5) is 0 Å². The van der Waals surface area contributed by atoms with E-state index in [1.54, 1.807) is 24.3 Å². The fourth-order valence-electron chi connectivity index (χ4n) is 2.04. The summed E-state index contributed by atoms with van der Waals surface area (Å²) in [5.74, 6) is -0.288. The van der Waals surface area contributed by atoms with E-state index < -0.39 is 5.63 Å². The van der Waals surface area contributed by atoms with E-state index in [9.17, 15) is 9.90 Å². The van der Waals surface area contributed by atoms with E-state index in [1.165, 1.54) is 6.26 Å². The number of rotatable bonds is 8. The first-order valence-electron chi connectivity index (χ1n) is 7.53. The largest absolute Gasteiger partial charge is 0.504 e. The molecule has 1 heterocycles. The molecule has 1 aromatic heterocycles. The quantitative estimate of drug-likeness (QED) is 0.441. The second-order valence-corrected chi connectivity index (χ2v) is 4.90. The number of aliphatic hydroxyl groups excluding tert-OH is 1. The maximum atomic E-state index is 12.0. The maximum Gasteiger partial charge on any atom is 0.383 e. The predicted molar refractivity (Wildman–Crippen MR) is 86.0 cm³/mol. The number of allylic oxidation sites excluding steroid dienone is 1. The zero-order valence-corrected chi connectivity index (χ0v) is 12.9. The molecule has 0 amide bonds. The molecule has 2 N–H and O–H groups in total. The number of aromatic hydroxyl groups is 1. The topological polar surface area (TPSA) is 89.1 Å². The molecule has 0 fully saturated rings. The third kappa shape index (κ3) is 4.04. The highest BCUT2D eigenvalue weighted by atomic mass is 16.5. The van der Waals surface area contributed by atoms with E-state index in [1.807, 2.05) is 0 Å². The molecule has 0 spiro atoms. The molecule has 0 saturated heterocycles. The Balaban J connectivity index is 2.34. The fourth-order valence-corrected chi connectivity index (χ4v) is 2.04. The van der Waals surface area contributed by atoms with E-state index in [-0.39, 0.29) is 36.0 Å². The highest BCUT2D eigenvalue weighted by Crippen LogP contribution is 2.35. The van der Waals surface area contributed by atoms with Crippen molar-refractivity contribution in [1.29, 1.82) is 0 Å². The van der Waals surface area contributed by atoms with Crippen LogP contribution in [0, 0.1) is 0 Å². The van der Waals surface area contributed by atoms with Gasteiger partial charge in [-0.25, -0.2) is 4.79 Å². The van der Waals surface area contributed by atoms with Gasteiger partial charge in [-0.05, 0) is 31.1 Å². The molecule has 0 aliphatic rings. The Hall–Kier alpha value is -2.47. The first-order chi connectivity index (χ1) is 11.2. The van der Waals surface area contributed by atoms with Gasteiger partial charge >= 0.3 is 5.63 Å². The lowest BCUT2D eigenvalue weighted by Gasteiger charge is -2.09. The number of unbranched alkanes of at least 4 members (excludes halogenated alkanes) is 2. The van der Waals surface area contributed by atoms with Crippen molar-refractivity contribution < 1.29 is 24.1 Å². The Morgan fingerprint density at radius 2 is 2.17 bits per heavy atom. The minimum atomic E-state index is -0.796. The number of para-hydroxylation sites is 1. The van der Waals surface area contributed by atoms with Gasteiger partial charge in [0, 0.05) is 0 Å². The fraction of sp³-hybridized carbons (Fsp3) is 0.353. The predicted octanol–water partition coefficient (Wildman–Crippen LogP) is 2.95. The smallest absolute Gasteiger partial charge is 0.383 e. The second kappa shape index (κ2) is 8.24. The number of hydrogen-bond acceptors (Lipinski definition) is 6. The van der Waals surface area contributed by atoms with Crippen LogP contribution < -0.4 is 15.1 Å². The summed E-state index contributed by atoms with van der Waals surface area (Å²) >= 11 is 0. The Morgan fingerprint density at radius 3 is 2.91 bits per heavy atom. The molecule has 124 valence electrons. The Bertz CT molecular complexity index is 732. The summed E-state index contributed by atoms with van der Waals surface area (Å²) < 4.78 is 15.7. The van der Waals surface area contributed by atoms with E-state index in [2.05, 4.69) is 6.92 Å². The summed E-state index contributed by atoms with van der Waals surface area (Å²) in [5, 5.41) is 19.4. The molecule has 0 bridgehead atoms. The summed E-state index contributed by atoms with van der Waals surface area (Å²) in [6.07, 6.45) is 6.07. The van der Waals surface area contributed by atoms with Gasteiger partial charge < -0.3 is 24.1 Å². The van der Waals surface area contributed by atoms with Crippen LogP contribution in [0.3, 0.4) is 0 Å². The number of ether oxygens (including phenoxy) is 2. The first kappa shape index (κ1) is 16.9. The zero-order chi connectivity index (χ0) is 16.7. The molecule has 6 heteroatoms. The number of fused-ring (bicyclic) bond motifs is 1. The SMILES string of the molecule is CCCCC=COc1c(O)c2cccc(OCCO)c2oc1=O. The van der Waals surface area contributed by atoms with Crippen LogP contribution in [0.1, 0.15) is 26.2 Å². The minimum Gasteiger partial charge on any atom is -0.504 e. The van der Waals surface area contributed by atoms with Gasteiger partial charge in [0.1, 0.15) is 6.61 Å². The lowest BCUT2D eigenvalue weighted by molar-refractivity contribution is 0.201. The Kier molecular flexibility index (Phi) is 6.05. The van der Waals surface area contributed by atoms with Gasteiger partial charge in [-0.3, -0.25) is 0 Å². The second-order valence-electron chi connectivity index (χ2n) is 4.90. The van der Waals surface area contributed by atoms with Crippen LogP contribution in [-0.4, -0.2) is 23.4 Å². The van der Waals surface area contributed by atoms with Crippen molar-refractivity contribution in [3.8, 4) is 17.2 Å². The van der Waals surface area contributed by atoms with Crippen molar-refractivity contribution in [2.45, 2.75) is 26.2 Å². The van der Waals surface area contributed by atoms with Gasteiger partial charge in [-0.1, -0.05) is 19.4 Å². The highest BCUT2D eigenvalue weighted by molar-refractivity contribution is 5.89. The van der Waals surface area contributed by atoms with Crippen molar-refractivity contribution in [1.82, 2.24) is 0 Å². The Morgan fingerprint density at radius 1 is 1.35 bits per heavy atom. The van der Waals surface area contributed by atoms with E-state index in [0.717, 1.165) is 19.3 Å². The molecule has 0 aliphatic carbocycles. The van der Waals surface area contributed by atoms with Crippen LogP contribution in [-0.2, 0) is 0 Å². The summed E-state index contributed by atoms with van der Waals surface area (Å²) in [5.41, 5.74) is -0.680. The van der Waals surface area contributed by atoms with Gasteiger partial charge in [0.05, 0.1) is 18.3 Å². The summed E-state index contributed by atoms with van der Waals surface area (Å²) in [6.45, 7) is 1.97. The lowest BCUT2D eigenvalue weighted by Crippen LogP contribution is -2.06. The summed E-state index contributed by atoms with van der Waals surface area (Å²) in [7, 11) is 0. The molecule has 2 aromatic rings. The monoisotopic (exact) mass is 320 g/mol. The third-order valence-electron chi connectivity index (χ3n) is 3.18. The van der Waals surface area contributed by atoms with Crippen LogP contribution >= 0.6 is 0 Å². The standard InChI is InChI=1S/C17H20O6/c1-2-3-4-5-10-22-16-14(19)12-7-6-8-13(21-11-9-18)15(12)23-17(16)20/h5-8,10,18-19H,2-4,9,11H2,1H3. The molecule has 1 aromatic carbocycles. The zero-order valence-electron chi connectivity index (χ0n) is 12.9. The summed E-state index contributed by atoms with van der Waals surface area (Å²) in [4.78, 5) is 12.0. The molecule has 2 rings (SSSR count). The van der Waals surface area contributed by atoms with Gasteiger partial charge in [-0.15, -0.1) is 0 Å². The van der Waals surface area contributed by atoms with Crippen molar-refractivity contribution in [3.05, 3.63) is 41.0 Å². The third-order valence-corrected chi connectivity index (χ3v) is 3.18. The first-order valence-corrected chi connectivity index (χ1v) is 7.53. The molecule has 0 atom stereocenters. The Labute approximate surface area is 133 Å². The van der Waals surface area contributed by atoms with Gasteiger partial charge in [0.2, 0.25) is 0 Å². The lowest BCUT2D eigenvalue weighted by atomic mass is 10.2. The van der Waals surface area contributed by atoms with Crippen molar-refractivity contribution in [2.24, 2.45) is 0 Å². The molecular weight excluding hydrogens is 300 g/mol. The van der Waals surface area contributed by atoms with E-state index in [0.29, 0.717) is 5.39 Å². The molecule has 0 aliphatic heterocycles. The number of aliphatic hydroxyl groups is 1. The van der Waals surface area contributed by atoms with Gasteiger partial charge in [0.15, 0.2) is 17.1 Å². The van der Waals surface area contributed by atoms with Crippen molar-refractivity contribution in [3.63, 3.8) is 0 Å². The molecule has 0 radical (unpaired) electrons. The van der Waals surface area contributed by atoms with Gasteiger partial charge in [0.25, 0.3) is 5.75 Å². The average Bonchev–Trinajstić information content (AvgIpc) is 2.55. The van der Waals surface area contributed by atoms with E-state index >= 15 is 0 Å². The van der Waals surface area contributed by atoms with Gasteiger partial charge in [-0.2, -0.15) is 0 Å². The molecule has 23 heavy (non-hydrogen) atoms. The van der Waals surface area contributed by atoms with Crippen LogP contribution in [0.2, 0.25) is 0 Å². The van der Waals surface area contributed by atoms with Crippen LogP contribution in [0.25, 0.3) is 11.0 Å². The highest BCUT2D eigenvalue weighted by Gasteiger charge is 2.17. The number of benzene rings is 1. The summed E-state index contributed by atoms with van der Waals surface area (Å²) in [6, 6.07) is 4.83. The normalized spacial score (nSPS) is 11.2. The van der Waals surface area contributed by atoms with Crippen molar-refractivity contribution >= 4 is 11.0 Å². The molecule has 0 saturated carbocycles. The molecule has 0 unspecified atom stereocenters. The van der Waals surface area contributed by atoms with Crippen LogP contribution in [0.15, 0.2) is 39.7 Å². The molecular formula is C17H20O6. The van der Waals surface area contributed by atoms with E-state index in [4.69, 9.17) is 19.0 Å². The average molecular weight is 320 g/mol. The minimum absolute atomic E-state index is 0.0575. The van der Waals surface area contributed by atoms with Crippen LogP contribution in [0.5, 0.6) is 17.2 Å². The maximum absolute atomic E-state index is 12.0. The van der Waals surface area contributed by atoms with Crippen molar-refractivity contribution in [2.75, 3.05) is 13.2 Å². The molecule has 6 nitrogen and oxygen atoms in total.